The summed E-state index contributed by atoms with van der Waals surface area (Å²) < 4.78 is 36.8. The number of sulfone groups is 1. The van der Waals surface area contributed by atoms with Crippen molar-refractivity contribution >= 4 is 21.7 Å². The Balaban J connectivity index is 2.87. The predicted octanol–water partition coefficient (Wildman–Crippen LogP) is 1.85. The number of hydrogen-bond donors (Lipinski definition) is 2. The summed E-state index contributed by atoms with van der Waals surface area (Å²) in [4.78, 5) is 23.6. The number of carboxylic acids is 1. The van der Waals surface area contributed by atoms with Gasteiger partial charge in [0, 0.05) is 0 Å². The number of unbranched alkanes of at least 4 members (excludes halogenated alkanes) is 2. The molecule has 0 saturated carbocycles. The molecule has 0 fully saturated rings. The molecule has 1 aromatic carbocycles. The average molecular weight is 359 g/mol. The Morgan fingerprint density at radius 3 is 2.29 bits per heavy atom. The minimum absolute atomic E-state index is 0.116. The van der Waals surface area contributed by atoms with Crippen molar-refractivity contribution in [3.8, 4) is 0 Å². The lowest BCUT2D eigenvalue weighted by Gasteiger charge is -2.26. The molecule has 0 heterocycles. The summed E-state index contributed by atoms with van der Waals surface area (Å²) in [6.45, 7) is 3.16. The van der Waals surface area contributed by atoms with Gasteiger partial charge in [0.15, 0.2) is 15.4 Å². The quantitative estimate of drug-likeness (QED) is 0.655. The summed E-state index contributed by atoms with van der Waals surface area (Å²) in [5.74, 6) is -3.71. The van der Waals surface area contributed by atoms with Crippen LogP contribution in [0.4, 0.5) is 4.39 Å². The van der Waals surface area contributed by atoms with Crippen molar-refractivity contribution in [2.24, 2.45) is 0 Å². The molecule has 0 spiro atoms. The SMILES string of the molecule is CCCCCS(=O)(=O)CC(=O)NC(C)(C(=O)O)c1ccc(F)cc1. The fourth-order valence-electron chi connectivity index (χ4n) is 2.19. The van der Waals surface area contributed by atoms with Gasteiger partial charge in [-0.15, -0.1) is 0 Å². The number of halogens is 1. The molecule has 24 heavy (non-hydrogen) atoms. The third kappa shape index (κ3) is 5.59. The van der Waals surface area contributed by atoms with Crippen molar-refractivity contribution in [1.82, 2.24) is 5.32 Å². The van der Waals surface area contributed by atoms with E-state index in [1.54, 1.807) is 0 Å². The topological polar surface area (TPSA) is 101 Å². The first-order valence-corrected chi connectivity index (χ1v) is 9.43. The van der Waals surface area contributed by atoms with E-state index < -0.39 is 38.8 Å². The zero-order valence-electron chi connectivity index (χ0n) is 13.7. The molecule has 6 nitrogen and oxygen atoms in total. The van der Waals surface area contributed by atoms with E-state index in [9.17, 15) is 27.5 Å². The van der Waals surface area contributed by atoms with Crippen molar-refractivity contribution in [2.75, 3.05) is 11.5 Å². The van der Waals surface area contributed by atoms with Gasteiger partial charge in [0.05, 0.1) is 5.75 Å². The Bertz CT molecular complexity index is 687. The van der Waals surface area contributed by atoms with Gasteiger partial charge in [-0.3, -0.25) is 4.79 Å². The van der Waals surface area contributed by atoms with Crippen molar-refractivity contribution in [3.63, 3.8) is 0 Å². The second-order valence-electron chi connectivity index (χ2n) is 5.78. The van der Waals surface area contributed by atoms with Gasteiger partial charge >= 0.3 is 5.97 Å². The van der Waals surface area contributed by atoms with E-state index in [1.807, 2.05) is 6.92 Å². The Morgan fingerprint density at radius 2 is 1.79 bits per heavy atom. The fourth-order valence-corrected chi connectivity index (χ4v) is 3.45. The van der Waals surface area contributed by atoms with Crippen LogP contribution in [0.5, 0.6) is 0 Å². The third-order valence-corrected chi connectivity index (χ3v) is 5.26. The molecule has 0 saturated heterocycles. The Morgan fingerprint density at radius 1 is 1.21 bits per heavy atom. The standard InChI is InChI=1S/C16H22FNO5S/c1-3-4-5-10-24(22,23)11-14(19)18-16(2,15(20)21)12-6-8-13(17)9-7-12/h6-9H,3-5,10-11H2,1-2H3,(H,18,19)(H,20,21). The van der Waals surface area contributed by atoms with Gasteiger partial charge in [0.2, 0.25) is 5.91 Å². The molecule has 2 N–H and O–H groups in total. The minimum atomic E-state index is -3.61. The molecule has 0 bridgehead atoms. The maximum atomic E-state index is 13.0. The zero-order valence-corrected chi connectivity index (χ0v) is 14.5. The summed E-state index contributed by atoms with van der Waals surface area (Å²) in [5.41, 5.74) is -1.70. The number of nitrogens with one attached hydrogen (secondary N) is 1. The molecule has 1 aromatic rings. The first kappa shape index (κ1) is 20.1. The highest BCUT2D eigenvalue weighted by molar-refractivity contribution is 7.92. The second-order valence-corrected chi connectivity index (χ2v) is 7.97. The maximum absolute atomic E-state index is 13.0. The van der Waals surface area contributed by atoms with Crippen LogP contribution in [0.3, 0.4) is 0 Å². The molecule has 134 valence electrons. The molecule has 0 aliphatic heterocycles. The fraction of sp³-hybridized carbons (Fsp3) is 0.500. The van der Waals surface area contributed by atoms with Crippen LogP contribution in [0, 0.1) is 5.82 Å². The van der Waals surface area contributed by atoms with E-state index in [2.05, 4.69) is 5.32 Å². The van der Waals surface area contributed by atoms with E-state index >= 15 is 0 Å². The van der Waals surface area contributed by atoms with Gasteiger partial charge < -0.3 is 10.4 Å². The van der Waals surface area contributed by atoms with Crippen LogP contribution in [-0.2, 0) is 25.0 Å². The van der Waals surface area contributed by atoms with Crippen molar-refractivity contribution in [2.45, 2.75) is 38.6 Å². The van der Waals surface area contributed by atoms with E-state index in [1.165, 1.54) is 19.1 Å². The molecule has 0 aromatic heterocycles. The smallest absolute Gasteiger partial charge is 0.333 e. The minimum Gasteiger partial charge on any atom is -0.479 e. The van der Waals surface area contributed by atoms with Gasteiger partial charge in [0.1, 0.15) is 11.6 Å². The molecular weight excluding hydrogens is 337 g/mol. The number of rotatable bonds is 9. The van der Waals surface area contributed by atoms with Gasteiger partial charge in [-0.1, -0.05) is 31.9 Å². The van der Waals surface area contributed by atoms with Crippen LogP contribution in [0.2, 0.25) is 0 Å². The molecule has 0 aliphatic rings. The summed E-state index contributed by atoms with van der Waals surface area (Å²) >= 11 is 0. The van der Waals surface area contributed by atoms with Crippen LogP contribution in [0.25, 0.3) is 0 Å². The predicted molar refractivity (Wildman–Crippen MR) is 87.7 cm³/mol. The molecule has 1 rings (SSSR count). The largest absolute Gasteiger partial charge is 0.479 e. The van der Waals surface area contributed by atoms with Crippen molar-refractivity contribution < 1.29 is 27.5 Å². The normalized spacial score (nSPS) is 14.0. The highest BCUT2D eigenvalue weighted by Gasteiger charge is 2.37. The van der Waals surface area contributed by atoms with Crippen LogP contribution in [-0.4, -0.2) is 36.9 Å². The summed E-state index contributed by atoms with van der Waals surface area (Å²) in [6.07, 6.45) is 2.05. The average Bonchev–Trinajstić information content (AvgIpc) is 2.46. The van der Waals surface area contributed by atoms with Crippen molar-refractivity contribution in [1.29, 1.82) is 0 Å². The first-order chi connectivity index (χ1) is 11.1. The lowest BCUT2D eigenvalue weighted by atomic mass is 9.92. The highest BCUT2D eigenvalue weighted by atomic mass is 32.2. The van der Waals surface area contributed by atoms with Crippen molar-refractivity contribution in [3.05, 3.63) is 35.6 Å². The third-order valence-electron chi connectivity index (χ3n) is 3.65. The molecule has 1 amide bonds. The van der Waals surface area contributed by atoms with Crippen LogP contribution < -0.4 is 5.32 Å². The highest BCUT2D eigenvalue weighted by Crippen LogP contribution is 2.21. The number of hydrogen-bond acceptors (Lipinski definition) is 4. The molecule has 0 radical (unpaired) electrons. The maximum Gasteiger partial charge on any atom is 0.333 e. The number of benzene rings is 1. The van der Waals surface area contributed by atoms with E-state index in [-0.39, 0.29) is 11.3 Å². The van der Waals surface area contributed by atoms with Crippen LogP contribution in [0.15, 0.2) is 24.3 Å². The summed E-state index contributed by atoms with van der Waals surface area (Å²) in [7, 11) is -3.61. The molecule has 8 heteroatoms. The number of carboxylic acid groups (broad SMARTS) is 1. The summed E-state index contributed by atoms with van der Waals surface area (Å²) in [6, 6.07) is 4.62. The lowest BCUT2D eigenvalue weighted by molar-refractivity contribution is -0.147. The molecule has 1 atom stereocenters. The van der Waals surface area contributed by atoms with Crippen LogP contribution >= 0.6 is 0 Å². The van der Waals surface area contributed by atoms with E-state index in [0.717, 1.165) is 25.0 Å². The number of aliphatic carboxylic acids is 1. The first-order valence-electron chi connectivity index (χ1n) is 7.61. The Labute approximate surface area is 141 Å². The van der Waals surface area contributed by atoms with Gasteiger partial charge in [0.25, 0.3) is 0 Å². The number of carbonyl (C=O) groups excluding carboxylic acids is 1. The van der Waals surface area contributed by atoms with E-state index in [4.69, 9.17) is 0 Å². The zero-order chi connectivity index (χ0) is 18.4. The number of carbonyl (C=O) groups is 2. The Kier molecular flexibility index (Phi) is 6.89. The van der Waals surface area contributed by atoms with Gasteiger partial charge in [-0.25, -0.2) is 17.6 Å². The second kappa shape index (κ2) is 8.23. The number of amides is 1. The molecule has 1 unspecified atom stereocenters. The Hall–Kier alpha value is -1.96. The van der Waals surface area contributed by atoms with E-state index in [0.29, 0.717) is 6.42 Å². The van der Waals surface area contributed by atoms with Gasteiger partial charge in [-0.05, 0) is 31.0 Å². The van der Waals surface area contributed by atoms with Crippen LogP contribution in [0.1, 0.15) is 38.7 Å². The molecule has 0 aliphatic carbocycles. The molecular formula is C16H22FNO5S. The summed E-state index contributed by atoms with van der Waals surface area (Å²) in [5, 5.41) is 11.7. The monoisotopic (exact) mass is 359 g/mol. The lowest BCUT2D eigenvalue weighted by Crippen LogP contribution is -2.51. The van der Waals surface area contributed by atoms with Gasteiger partial charge in [-0.2, -0.15) is 0 Å².